The summed E-state index contributed by atoms with van der Waals surface area (Å²) in [7, 11) is 0. The Morgan fingerprint density at radius 2 is 2.00 bits per heavy atom. The Labute approximate surface area is 117 Å². The largest absolute Gasteiger partial charge is 0.125 e. The van der Waals surface area contributed by atoms with Gasteiger partial charge in [0.15, 0.2) is 0 Å². The van der Waals surface area contributed by atoms with Gasteiger partial charge in [0.2, 0.25) is 0 Å². The molecule has 0 fully saturated rings. The molecular formula is C19H24. The van der Waals surface area contributed by atoms with E-state index in [1.165, 1.54) is 5.57 Å². The summed E-state index contributed by atoms with van der Waals surface area (Å²) < 4.78 is 0. The molecule has 100 valence electrons. The van der Waals surface area contributed by atoms with Crippen LogP contribution in [0.5, 0.6) is 0 Å². The van der Waals surface area contributed by atoms with Gasteiger partial charge in [-0.1, -0.05) is 69.9 Å². The normalized spacial score (nSPS) is 23.0. The smallest absolute Gasteiger partial charge is 0.0125 e. The Morgan fingerprint density at radius 1 is 1.26 bits per heavy atom. The van der Waals surface area contributed by atoms with E-state index in [0.29, 0.717) is 0 Å². The van der Waals surface area contributed by atoms with Crippen molar-refractivity contribution in [2.75, 3.05) is 0 Å². The van der Waals surface area contributed by atoms with Crippen molar-refractivity contribution in [3.8, 4) is 0 Å². The summed E-state index contributed by atoms with van der Waals surface area (Å²) in [6.07, 6.45) is 19.4. The molecular weight excluding hydrogens is 228 g/mol. The molecule has 0 nitrogen and oxygen atoms in total. The maximum absolute atomic E-state index is 4.02. The molecule has 0 aliphatic heterocycles. The van der Waals surface area contributed by atoms with Crippen LogP contribution in [0.25, 0.3) is 0 Å². The fraction of sp³-hybridized carbons (Fsp3) is 0.316. The molecule has 0 bridgehead atoms. The summed E-state index contributed by atoms with van der Waals surface area (Å²) in [4.78, 5) is 0. The van der Waals surface area contributed by atoms with Gasteiger partial charge in [-0.15, -0.1) is 12.3 Å². The molecule has 19 heavy (non-hydrogen) atoms. The zero-order valence-electron chi connectivity index (χ0n) is 12.3. The Bertz CT molecular complexity index is 488. The van der Waals surface area contributed by atoms with E-state index in [0.717, 1.165) is 6.42 Å². The van der Waals surface area contributed by atoms with Crippen LogP contribution in [0.15, 0.2) is 79.1 Å². The van der Waals surface area contributed by atoms with E-state index >= 15 is 0 Å². The first-order valence-corrected chi connectivity index (χ1v) is 6.70. The Balaban J connectivity index is 3.20. The van der Waals surface area contributed by atoms with Crippen LogP contribution in [0.2, 0.25) is 0 Å². The van der Waals surface area contributed by atoms with E-state index in [4.69, 9.17) is 0 Å². The lowest BCUT2D eigenvalue weighted by atomic mass is 9.62. The predicted molar refractivity (Wildman–Crippen MR) is 85.9 cm³/mol. The van der Waals surface area contributed by atoms with Crippen molar-refractivity contribution in [1.82, 2.24) is 0 Å². The standard InChI is InChI=1S/C19H24/c1-6-8-16-19(5,7-2)18(3,4)17-14-12-10-9-11-13-15-17/h6-8,10-12,14-16H,1-2,13H2,3-5H3/b14-12-,16-8+,17-15+. The van der Waals surface area contributed by atoms with Gasteiger partial charge in [-0.2, -0.15) is 0 Å². The van der Waals surface area contributed by atoms with Gasteiger partial charge in [-0.3, -0.25) is 0 Å². The van der Waals surface area contributed by atoms with Crippen LogP contribution < -0.4 is 0 Å². The topological polar surface area (TPSA) is 0 Å². The number of allylic oxidation sites excluding steroid dienone is 9. The number of hydrogen-bond donors (Lipinski definition) is 0. The molecule has 0 aromatic heterocycles. The maximum Gasteiger partial charge on any atom is 0.0125 e. The first kappa shape index (κ1) is 15.3. The van der Waals surface area contributed by atoms with Crippen LogP contribution in [-0.4, -0.2) is 0 Å². The summed E-state index contributed by atoms with van der Waals surface area (Å²) in [5.74, 6) is 0. The van der Waals surface area contributed by atoms with E-state index in [1.54, 1.807) is 0 Å². The second-order valence-corrected chi connectivity index (χ2v) is 5.50. The molecule has 1 atom stereocenters. The van der Waals surface area contributed by atoms with Crippen molar-refractivity contribution in [1.29, 1.82) is 0 Å². The van der Waals surface area contributed by atoms with Crippen molar-refractivity contribution >= 4 is 0 Å². The van der Waals surface area contributed by atoms with E-state index in [2.05, 4.69) is 57.9 Å². The molecule has 0 heterocycles. The highest BCUT2D eigenvalue weighted by molar-refractivity contribution is 5.35. The lowest BCUT2D eigenvalue weighted by molar-refractivity contribution is 0.258. The Hall–Kier alpha value is -1.78. The zero-order chi connectivity index (χ0) is 14.4. The fourth-order valence-electron chi connectivity index (χ4n) is 2.17. The Morgan fingerprint density at radius 3 is 2.63 bits per heavy atom. The van der Waals surface area contributed by atoms with Gasteiger partial charge < -0.3 is 0 Å². The lowest BCUT2D eigenvalue weighted by Crippen LogP contribution is -2.33. The van der Waals surface area contributed by atoms with Gasteiger partial charge in [-0.05, 0) is 24.1 Å². The van der Waals surface area contributed by atoms with Crippen molar-refractivity contribution < 1.29 is 0 Å². The molecule has 0 N–H and O–H groups in total. The highest BCUT2D eigenvalue weighted by atomic mass is 14.4. The molecule has 0 amide bonds. The highest BCUT2D eigenvalue weighted by Gasteiger charge is 2.38. The van der Waals surface area contributed by atoms with E-state index < -0.39 is 0 Å². The maximum atomic E-state index is 4.02. The third-order valence-corrected chi connectivity index (χ3v) is 4.11. The first-order chi connectivity index (χ1) is 8.98. The van der Waals surface area contributed by atoms with Crippen molar-refractivity contribution in [2.45, 2.75) is 27.2 Å². The minimum absolute atomic E-state index is 0.0379. The summed E-state index contributed by atoms with van der Waals surface area (Å²) in [6, 6.07) is 0. The van der Waals surface area contributed by atoms with Crippen LogP contribution in [0, 0.1) is 10.8 Å². The molecule has 1 aliphatic carbocycles. The molecule has 0 heteroatoms. The van der Waals surface area contributed by atoms with E-state index in [-0.39, 0.29) is 10.8 Å². The number of hydrogen-bond acceptors (Lipinski definition) is 0. The van der Waals surface area contributed by atoms with Crippen LogP contribution in [0.4, 0.5) is 0 Å². The second kappa shape index (κ2) is 6.41. The van der Waals surface area contributed by atoms with E-state index in [1.807, 2.05) is 36.5 Å². The van der Waals surface area contributed by atoms with Gasteiger partial charge in [0.1, 0.15) is 0 Å². The van der Waals surface area contributed by atoms with Crippen LogP contribution in [0.1, 0.15) is 27.2 Å². The molecule has 0 saturated carbocycles. The summed E-state index contributed by atoms with van der Waals surface area (Å²) in [6.45, 7) is 14.5. The monoisotopic (exact) mass is 252 g/mol. The summed E-state index contributed by atoms with van der Waals surface area (Å²) >= 11 is 0. The molecule has 0 spiro atoms. The third kappa shape index (κ3) is 3.36. The minimum atomic E-state index is -0.121. The van der Waals surface area contributed by atoms with Gasteiger partial charge in [0.25, 0.3) is 0 Å². The predicted octanol–water partition coefficient (Wildman–Crippen LogP) is 5.54. The lowest BCUT2D eigenvalue weighted by Gasteiger charge is -2.41. The third-order valence-electron chi connectivity index (χ3n) is 4.11. The first-order valence-electron chi connectivity index (χ1n) is 6.70. The van der Waals surface area contributed by atoms with Crippen molar-refractivity contribution in [2.24, 2.45) is 10.8 Å². The van der Waals surface area contributed by atoms with Crippen LogP contribution >= 0.6 is 0 Å². The molecule has 0 saturated heterocycles. The van der Waals surface area contributed by atoms with E-state index in [9.17, 15) is 0 Å². The average Bonchev–Trinajstić information content (AvgIpc) is 2.34. The fourth-order valence-corrected chi connectivity index (χ4v) is 2.17. The molecule has 1 aliphatic rings. The highest BCUT2D eigenvalue weighted by Crippen LogP contribution is 2.47. The SMILES string of the molecule is C=C/C=C/C(C)(C=C)C(C)(C)C1=C/CC=C=C/C=C\1. The summed E-state index contributed by atoms with van der Waals surface area (Å²) in [5, 5.41) is 0. The zero-order valence-corrected chi connectivity index (χ0v) is 12.3. The van der Waals surface area contributed by atoms with Crippen LogP contribution in [-0.2, 0) is 0 Å². The van der Waals surface area contributed by atoms with Crippen molar-refractivity contribution in [3.05, 3.63) is 79.1 Å². The van der Waals surface area contributed by atoms with Crippen LogP contribution in [0.3, 0.4) is 0 Å². The molecule has 0 aromatic carbocycles. The summed E-state index contributed by atoms with van der Waals surface area (Å²) in [5.41, 5.74) is 4.28. The van der Waals surface area contributed by atoms with Gasteiger partial charge in [-0.25, -0.2) is 0 Å². The molecule has 1 rings (SSSR count). The molecule has 0 radical (unpaired) electrons. The van der Waals surface area contributed by atoms with Crippen molar-refractivity contribution in [3.63, 3.8) is 0 Å². The second-order valence-electron chi connectivity index (χ2n) is 5.50. The van der Waals surface area contributed by atoms with Gasteiger partial charge >= 0.3 is 0 Å². The minimum Gasteiger partial charge on any atom is -0.125 e. The van der Waals surface area contributed by atoms with Gasteiger partial charge in [0.05, 0.1) is 0 Å². The quantitative estimate of drug-likeness (QED) is 0.342. The average molecular weight is 252 g/mol. The van der Waals surface area contributed by atoms with Gasteiger partial charge in [0, 0.05) is 10.8 Å². The number of rotatable bonds is 5. The molecule has 1 unspecified atom stereocenters. The molecule has 0 aromatic rings. The Kier molecular flexibility index (Phi) is 5.15.